The summed E-state index contributed by atoms with van der Waals surface area (Å²) in [5.74, 6) is 5.73. The third-order valence-corrected chi connectivity index (χ3v) is 4.13. The third kappa shape index (κ3) is 3.50. The maximum Gasteiger partial charge on any atom is 0.274 e. The molecule has 26 heavy (non-hydrogen) atoms. The van der Waals surface area contributed by atoms with Crippen LogP contribution < -0.4 is 10.9 Å². The van der Waals surface area contributed by atoms with Crippen molar-refractivity contribution in [2.45, 2.75) is 13.8 Å². The summed E-state index contributed by atoms with van der Waals surface area (Å²) in [6, 6.07) is 14.2. The molecule has 0 aliphatic heterocycles. The number of rotatable bonds is 4. The van der Waals surface area contributed by atoms with Gasteiger partial charge in [0, 0.05) is 18.0 Å². The van der Waals surface area contributed by atoms with E-state index < -0.39 is 0 Å². The predicted molar refractivity (Wildman–Crippen MR) is 102 cm³/mol. The summed E-state index contributed by atoms with van der Waals surface area (Å²) in [5, 5.41) is 4.02. The summed E-state index contributed by atoms with van der Waals surface area (Å²) in [5.41, 5.74) is 4.89. The number of carbonyl (C=O) groups is 1. The van der Waals surface area contributed by atoms with Gasteiger partial charge in [-0.25, -0.2) is 10.9 Å². The monoisotopic (exact) mass is 346 g/mol. The van der Waals surface area contributed by atoms with Crippen molar-refractivity contribution in [2.75, 3.05) is 5.01 Å². The van der Waals surface area contributed by atoms with Crippen LogP contribution in [0.3, 0.4) is 0 Å². The van der Waals surface area contributed by atoms with Gasteiger partial charge >= 0.3 is 0 Å². The van der Waals surface area contributed by atoms with Crippen LogP contribution in [-0.4, -0.2) is 10.9 Å². The zero-order chi connectivity index (χ0) is 18.7. The summed E-state index contributed by atoms with van der Waals surface area (Å²) < 4.78 is 0. The number of nitrogens with two attached hydrogens (primary N) is 1. The first-order valence-corrected chi connectivity index (χ1v) is 8.05. The van der Waals surface area contributed by atoms with Crippen molar-refractivity contribution < 1.29 is 4.79 Å². The van der Waals surface area contributed by atoms with Gasteiger partial charge in [0.15, 0.2) is 0 Å². The van der Waals surface area contributed by atoms with E-state index in [1.165, 1.54) is 6.20 Å². The van der Waals surface area contributed by atoms with Crippen LogP contribution in [0.4, 0.5) is 11.4 Å². The van der Waals surface area contributed by atoms with E-state index in [1.54, 1.807) is 36.5 Å². The number of pyridine rings is 1. The van der Waals surface area contributed by atoms with Crippen LogP contribution in [-0.2, 0) is 0 Å². The van der Waals surface area contributed by atoms with Crippen LogP contribution in [0.2, 0.25) is 0 Å². The summed E-state index contributed by atoms with van der Waals surface area (Å²) >= 11 is 0. The maximum atomic E-state index is 12.8. The average molecular weight is 346 g/mol. The molecule has 0 aliphatic carbocycles. The van der Waals surface area contributed by atoms with E-state index in [4.69, 9.17) is 5.84 Å². The molecule has 3 aromatic rings. The SMILES string of the molecule is Cc1ccc(C)c(N(N)C(=O)c2cncc(-c3ccc(N=O)cc3)c2)c1. The second-order valence-corrected chi connectivity index (χ2v) is 6.07. The lowest BCUT2D eigenvalue weighted by atomic mass is 10.0. The zero-order valence-electron chi connectivity index (χ0n) is 14.5. The molecule has 0 spiro atoms. The fraction of sp³-hybridized carbons (Fsp3) is 0.100. The molecule has 3 rings (SSSR count). The van der Waals surface area contributed by atoms with E-state index in [2.05, 4.69) is 10.2 Å². The first-order valence-electron chi connectivity index (χ1n) is 8.05. The van der Waals surface area contributed by atoms with Crippen molar-refractivity contribution in [3.8, 4) is 11.1 Å². The summed E-state index contributed by atoms with van der Waals surface area (Å²) in [6.07, 6.45) is 3.14. The first-order chi connectivity index (χ1) is 12.5. The Labute approximate surface area is 151 Å². The number of anilines is 1. The lowest BCUT2D eigenvalue weighted by molar-refractivity contribution is 0.0986. The lowest BCUT2D eigenvalue weighted by Crippen LogP contribution is -2.38. The minimum absolute atomic E-state index is 0.344. The van der Waals surface area contributed by atoms with Gasteiger partial charge in [0.2, 0.25) is 0 Å². The Hall–Kier alpha value is -3.38. The van der Waals surface area contributed by atoms with Gasteiger partial charge in [0.25, 0.3) is 5.91 Å². The van der Waals surface area contributed by atoms with Crippen LogP contribution in [0, 0.1) is 18.8 Å². The Morgan fingerprint density at radius 3 is 2.42 bits per heavy atom. The van der Waals surface area contributed by atoms with Gasteiger partial charge in [-0.05, 0) is 60.0 Å². The number of nitrogens with zero attached hydrogens (tertiary/aromatic N) is 3. The molecular formula is C20H18N4O2. The summed E-state index contributed by atoms with van der Waals surface area (Å²) in [6.45, 7) is 3.85. The van der Waals surface area contributed by atoms with E-state index in [-0.39, 0.29) is 5.91 Å². The van der Waals surface area contributed by atoms with Crippen molar-refractivity contribution in [3.63, 3.8) is 0 Å². The van der Waals surface area contributed by atoms with Crippen molar-refractivity contribution >= 4 is 17.3 Å². The molecule has 0 unspecified atom stereocenters. The summed E-state index contributed by atoms with van der Waals surface area (Å²) in [7, 11) is 0. The predicted octanol–water partition coefficient (Wildman–Crippen LogP) is 4.28. The number of benzene rings is 2. The molecule has 1 heterocycles. The summed E-state index contributed by atoms with van der Waals surface area (Å²) in [4.78, 5) is 27.5. The van der Waals surface area contributed by atoms with E-state index >= 15 is 0 Å². The topological polar surface area (TPSA) is 88.7 Å². The molecule has 2 aromatic carbocycles. The smallest absolute Gasteiger partial charge is 0.267 e. The zero-order valence-corrected chi connectivity index (χ0v) is 14.5. The van der Waals surface area contributed by atoms with Gasteiger partial charge in [-0.15, -0.1) is 4.91 Å². The van der Waals surface area contributed by atoms with Gasteiger partial charge in [0.1, 0.15) is 5.69 Å². The Kier molecular flexibility index (Phi) is 4.86. The first kappa shape index (κ1) is 17.4. The number of aromatic nitrogens is 1. The van der Waals surface area contributed by atoms with Crippen molar-refractivity contribution in [3.05, 3.63) is 82.5 Å². The number of aryl methyl sites for hydroxylation is 2. The number of carbonyl (C=O) groups excluding carboxylic acids is 1. The molecule has 0 saturated carbocycles. The maximum absolute atomic E-state index is 12.8. The van der Waals surface area contributed by atoms with Gasteiger partial charge < -0.3 is 0 Å². The number of hydrogen-bond acceptors (Lipinski definition) is 5. The molecule has 6 heteroatoms. The molecule has 1 aromatic heterocycles. The largest absolute Gasteiger partial charge is 0.274 e. The van der Waals surface area contributed by atoms with Gasteiger partial charge in [0.05, 0.1) is 11.3 Å². The molecule has 0 saturated heterocycles. The lowest BCUT2D eigenvalue weighted by Gasteiger charge is -2.19. The highest BCUT2D eigenvalue weighted by Gasteiger charge is 2.17. The Bertz CT molecular complexity index is 968. The molecule has 1 amide bonds. The molecule has 6 nitrogen and oxygen atoms in total. The molecule has 0 fully saturated rings. The third-order valence-electron chi connectivity index (χ3n) is 4.13. The molecule has 0 atom stereocenters. The highest BCUT2D eigenvalue weighted by molar-refractivity contribution is 6.06. The molecule has 130 valence electrons. The second kappa shape index (κ2) is 7.25. The Balaban J connectivity index is 1.92. The molecule has 0 radical (unpaired) electrons. The van der Waals surface area contributed by atoms with E-state index in [0.29, 0.717) is 16.9 Å². The second-order valence-electron chi connectivity index (χ2n) is 6.07. The molecule has 0 bridgehead atoms. The van der Waals surface area contributed by atoms with E-state index in [9.17, 15) is 9.70 Å². The molecule has 2 N–H and O–H groups in total. The standard InChI is InChI=1S/C20H18N4O2/c1-13-3-4-14(2)19(9-13)24(21)20(25)17-10-16(11-22-12-17)15-5-7-18(23-26)8-6-15/h3-12H,21H2,1-2H3. The van der Waals surface area contributed by atoms with Crippen molar-refractivity contribution in [2.24, 2.45) is 11.0 Å². The Morgan fingerprint density at radius 2 is 1.73 bits per heavy atom. The Morgan fingerprint density at radius 1 is 1.00 bits per heavy atom. The van der Waals surface area contributed by atoms with Crippen LogP contribution in [0.5, 0.6) is 0 Å². The van der Waals surface area contributed by atoms with Crippen LogP contribution in [0.25, 0.3) is 11.1 Å². The highest BCUT2D eigenvalue weighted by atomic mass is 16.3. The number of hydrogen-bond donors (Lipinski definition) is 1. The fourth-order valence-corrected chi connectivity index (χ4v) is 2.66. The minimum atomic E-state index is -0.348. The van der Waals surface area contributed by atoms with Crippen molar-refractivity contribution in [1.82, 2.24) is 4.98 Å². The highest BCUT2D eigenvalue weighted by Crippen LogP contribution is 2.24. The fourth-order valence-electron chi connectivity index (χ4n) is 2.66. The van der Waals surface area contributed by atoms with Crippen LogP contribution in [0.1, 0.15) is 21.5 Å². The van der Waals surface area contributed by atoms with Crippen molar-refractivity contribution in [1.29, 1.82) is 0 Å². The van der Waals surface area contributed by atoms with E-state index in [0.717, 1.165) is 27.3 Å². The van der Waals surface area contributed by atoms with Gasteiger partial charge in [-0.1, -0.05) is 24.3 Å². The normalized spacial score (nSPS) is 10.4. The van der Waals surface area contributed by atoms with Gasteiger partial charge in [-0.3, -0.25) is 9.78 Å². The van der Waals surface area contributed by atoms with Crippen LogP contribution >= 0.6 is 0 Å². The van der Waals surface area contributed by atoms with Crippen LogP contribution in [0.15, 0.2) is 66.1 Å². The quantitative estimate of drug-likeness (QED) is 0.330. The number of hydrazine groups is 1. The molecular weight excluding hydrogens is 328 g/mol. The van der Waals surface area contributed by atoms with E-state index in [1.807, 2.05) is 32.0 Å². The van der Waals surface area contributed by atoms with Gasteiger partial charge in [-0.2, -0.15) is 0 Å². The minimum Gasteiger partial charge on any atom is -0.267 e. The number of amides is 1. The molecule has 0 aliphatic rings. The number of nitroso groups, excluding NO2 is 1. The average Bonchev–Trinajstić information content (AvgIpc) is 2.69.